The van der Waals surface area contributed by atoms with E-state index in [1.807, 2.05) is 22.6 Å². The third-order valence-corrected chi connectivity index (χ3v) is 4.19. The number of pyridine rings is 1. The summed E-state index contributed by atoms with van der Waals surface area (Å²) in [6.07, 6.45) is 3.06. The highest BCUT2D eigenvalue weighted by atomic mass is 127. The molecule has 0 unspecified atom stereocenters. The van der Waals surface area contributed by atoms with E-state index in [2.05, 4.69) is 9.97 Å². The van der Waals surface area contributed by atoms with Gasteiger partial charge in [0.2, 0.25) is 0 Å². The van der Waals surface area contributed by atoms with Gasteiger partial charge in [0.1, 0.15) is 5.15 Å². The average molecular weight is 396 g/mol. The predicted octanol–water partition coefficient (Wildman–Crippen LogP) is 2.91. The Kier molecular flexibility index (Phi) is 4.24. The maximum absolute atomic E-state index is 12.0. The van der Waals surface area contributed by atoms with Crippen molar-refractivity contribution in [3.63, 3.8) is 0 Å². The van der Waals surface area contributed by atoms with Crippen LogP contribution in [0.2, 0.25) is 10.2 Å². The summed E-state index contributed by atoms with van der Waals surface area (Å²) in [6, 6.07) is 1.55. The Morgan fingerprint density at radius 1 is 1.39 bits per heavy atom. The molecule has 0 atom stereocenters. The zero-order chi connectivity index (χ0) is 13.3. The van der Waals surface area contributed by atoms with E-state index in [0.29, 0.717) is 20.3 Å². The van der Waals surface area contributed by atoms with E-state index < -0.39 is 0 Å². The molecule has 2 heterocycles. The zero-order valence-corrected chi connectivity index (χ0v) is 13.0. The molecular formula is C11H8Cl2IN3O. The number of aryl methyl sites for hydroxylation is 1. The predicted molar refractivity (Wildman–Crippen MR) is 79.3 cm³/mol. The summed E-state index contributed by atoms with van der Waals surface area (Å²) in [4.78, 5) is 20.1. The standard InChI is InChI=1S/C11H8Cl2IN3O/c1-6-10(14)11(18)17(5-16-6)4-7-3-15-9(13)2-8(7)12/h2-3,5H,4H2,1H3. The van der Waals surface area contributed by atoms with Crippen molar-refractivity contribution in [1.82, 2.24) is 14.5 Å². The van der Waals surface area contributed by atoms with Crippen LogP contribution in [-0.4, -0.2) is 14.5 Å². The molecule has 4 nitrogen and oxygen atoms in total. The highest BCUT2D eigenvalue weighted by Gasteiger charge is 2.08. The van der Waals surface area contributed by atoms with Crippen molar-refractivity contribution in [2.75, 3.05) is 0 Å². The fourth-order valence-electron chi connectivity index (χ4n) is 1.39. The highest BCUT2D eigenvalue weighted by molar-refractivity contribution is 14.1. The third kappa shape index (κ3) is 2.84. The lowest BCUT2D eigenvalue weighted by Gasteiger charge is -2.08. The van der Waals surface area contributed by atoms with Gasteiger partial charge < -0.3 is 0 Å². The Balaban J connectivity index is 2.41. The number of hydrogen-bond acceptors (Lipinski definition) is 3. The molecule has 2 aromatic heterocycles. The fraction of sp³-hybridized carbons (Fsp3) is 0.182. The summed E-state index contributed by atoms with van der Waals surface area (Å²) in [5.74, 6) is 0. The van der Waals surface area contributed by atoms with Crippen LogP contribution in [0.1, 0.15) is 11.3 Å². The van der Waals surface area contributed by atoms with Crippen molar-refractivity contribution in [3.8, 4) is 0 Å². The molecule has 18 heavy (non-hydrogen) atoms. The molecule has 0 N–H and O–H groups in total. The Morgan fingerprint density at radius 3 is 2.78 bits per heavy atom. The fourth-order valence-corrected chi connectivity index (χ4v) is 2.27. The Labute approximate surface area is 127 Å². The van der Waals surface area contributed by atoms with Gasteiger partial charge in [0.25, 0.3) is 5.56 Å². The zero-order valence-electron chi connectivity index (χ0n) is 9.32. The van der Waals surface area contributed by atoms with E-state index >= 15 is 0 Å². The first-order valence-corrected chi connectivity index (χ1v) is 6.84. The van der Waals surface area contributed by atoms with Crippen molar-refractivity contribution < 1.29 is 0 Å². The average Bonchev–Trinajstić information content (AvgIpc) is 2.33. The largest absolute Gasteiger partial charge is 0.294 e. The van der Waals surface area contributed by atoms with Crippen LogP contribution in [0.25, 0.3) is 0 Å². The van der Waals surface area contributed by atoms with E-state index in [1.165, 1.54) is 10.9 Å². The van der Waals surface area contributed by atoms with Crippen LogP contribution in [0.15, 0.2) is 23.4 Å². The summed E-state index contributed by atoms with van der Waals surface area (Å²) in [5, 5.41) is 0.810. The lowest BCUT2D eigenvalue weighted by atomic mass is 10.3. The Hall–Kier alpha value is -0.660. The normalized spacial score (nSPS) is 10.7. The molecule has 2 aromatic rings. The van der Waals surface area contributed by atoms with E-state index in [-0.39, 0.29) is 5.56 Å². The molecule has 0 saturated carbocycles. The van der Waals surface area contributed by atoms with Crippen LogP contribution in [0.4, 0.5) is 0 Å². The summed E-state index contributed by atoms with van der Waals surface area (Å²) >= 11 is 13.7. The van der Waals surface area contributed by atoms with Crippen molar-refractivity contribution in [1.29, 1.82) is 0 Å². The van der Waals surface area contributed by atoms with Gasteiger partial charge >= 0.3 is 0 Å². The van der Waals surface area contributed by atoms with Gasteiger partial charge in [0.15, 0.2) is 0 Å². The van der Waals surface area contributed by atoms with E-state index in [9.17, 15) is 4.79 Å². The summed E-state index contributed by atoms with van der Waals surface area (Å²) < 4.78 is 2.10. The van der Waals surface area contributed by atoms with E-state index in [4.69, 9.17) is 23.2 Å². The molecule has 0 fully saturated rings. The minimum absolute atomic E-state index is 0.0888. The van der Waals surface area contributed by atoms with Crippen LogP contribution < -0.4 is 5.56 Å². The summed E-state index contributed by atoms with van der Waals surface area (Å²) in [5.41, 5.74) is 1.36. The number of nitrogens with zero attached hydrogens (tertiary/aromatic N) is 3. The molecule has 0 radical (unpaired) electrons. The number of hydrogen-bond donors (Lipinski definition) is 0. The monoisotopic (exact) mass is 395 g/mol. The molecule has 94 valence electrons. The van der Waals surface area contributed by atoms with Crippen LogP contribution in [-0.2, 0) is 6.54 Å². The second-order valence-corrected chi connectivity index (χ2v) is 5.55. The molecule has 7 heteroatoms. The number of rotatable bonds is 2. The maximum Gasteiger partial charge on any atom is 0.267 e. The van der Waals surface area contributed by atoms with Gasteiger partial charge in [-0.2, -0.15) is 0 Å². The van der Waals surface area contributed by atoms with E-state index in [0.717, 1.165) is 11.3 Å². The highest BCUT2D eigenvalue weighted by Crippen LogP contribution is 2.19. The first-order chi connectivity index (χ1) is 8.49. The van der Waals surface area contributed by atoms with Gasteiger partial charge in [0, 0.05) is 11.8 Å². The number of halogens is 3. The molecule has 0 spiro atoms. The van der Waals surface area contributed by atoms with Crippen molar-refractivity contribution >= 4 is 45.8 Å². The van der Waals surface area contributed by atoms with Gasteiger partial charge in [-0.05, 0) is 35.6 Å². The second kappa shape index (κ2) is 5.54. The molecule has 0 aliphatic carbocycles. The molecular weight excluding hydrogens is 388 g/mol. The minimum atomic E-state index is -0.0888. The Bertz CT molecular complexity index is 657. The smallest absolute Gasteiger partial charge is 0.267 e. The van der Waals surface area contributed by atoms with Gasteiger partial charge in [-0.15, -0.1) is 0 Å². The molecule has 0 aliphatic heterocycles. The molecule has 0 aliphatic rings. The van der Waals surface area contributed by atoms with Crippen LogP contribution in [0.3, 0.4) is 0 Å². The van der Waals surface area contributed by atoms with Gasteiger partial charge in [-0.3, -0.25) is 9.36 Å². The molecule has 0 saturated heterocycles. The maximum atomic E-state index is 12.0. The second-order valence-electron chi connectivity index (χ2n) is 3.68. The number of aromatic nitrogens is 3. The third-order valence-electron chi connectivity index (χ3n) is 2.39. The van der Waals surface area contributed by atoms with Crippen molar-refractivity contribution in [3.05, 3.63) is 53.9 Å². The topological polar surface area (TPSA) is 47.8 Å². The van der Waals surface area contributed by atoms with Gasteiger partial charge in [-0.1, -0.05) is 23.2 Å². The van der Waals surface area contributed by atoms with Gasteiger partial charge in [0.05, 0.1) is 27.2 Å². The summed E-state index contributed by atoms with van der Waals surface area (Å²) in [7, 11) is 0. The molecule has 0 aromatic carbocycles. The SMILES string of the molecule is Cc1ncn(Cc2cnc(Cl)cc2Cl)c(=O)c1I. The lowest BCUT2D eigenvalue weighted by Crippen LogP contribution is -2.24. The van der Waals surface area contributed by atoms with E-state index in [1.54, 1.807) is 19.2 Å². The van der Waals surface area contributed by atoms with Gasteiger partial charge in [-0.25, -0.2) is 9.97 Å². The minimum Gasteiger partial charge on any atom is -0.294 e. The molecule has 2 rings (SSSR count). The lowest BCUT2D eigenvalue weighted by molar-refractivity contribution is 0.721. The Morgan fingerprint density at radius 2 is 2.11 bits per heavy atom. The molecule has 0 amide bonds. The van der Waals surface area contributed by atoms with Crippen LogP contribution in [0.5, 0.6) is 0 Å². The first kappa shape index (κ1) is 13.8. The van der Waals surface area contributed by atoms with Crippen LogP contribution in [0, 0.1) is 10.5 Å². The first-order valence-electron chi connectivity index (χ1n) is 5.00. The quantitative estimate of drug-likeness (QED) is 0.580. The van der Waals surface area contributed by atoms with Crippen LogP contribution >= 0.6 is 45.8 Å². The van der Waals surface area contributed by atoms with Crippen molar-refractivity contribution in [2.45, 2.75) is 13.5 Å². The molecule has 0 bridgehead atoms. The van der Waals surface area contributed by atoms with Crippen molar-refractivity contribution in [2.24, 2.45) is 0 Å². The summed E-state index contributed by atoms with van der Waals surface area (Å²) in [6.45, 7) is 2.12.